The van der Waals surface area contributed by atoms with Crippen molar-refractivity contribution in [3.63, 3.8) is 0 Å². The smallest absolute Gasteiger partial charge is 0.338 e. The molecule has 18 heavy (non-hydrogen) atoms. The van der Waals surface area contributed by atoms with Gasteiger partial charge in [-0.05, 0) is 43.9 Å². The number of hydrogen-bond acceptors (Lipinski definition) is 4. The number of ether oxygens (including phenoxy) is 1. The lowest BCUT2D eigenvalue weighted by Gasteiger charge is -2.25. The van der Waals surface area contributed by atoms with Gasteiger partial charge in [0, 0.05) is 12.4 Å². The van der Waals surface area contributed by atoms with Crippen molar-refractivity contribution in [2.24, 2.45) is 0 Å². The summed E-state index contributed by atoms with van der Waals surface area (Å²) in [5.74, 6) is -0.513. The van der Waals surface area contributed by atoms with Crippen LogP contribution >= 0.6 is 0 Å². The van der Waals surface area contributed by atoms with E-state index in [1.54, 1.807) is 19.3 Å². The average molecular weight is 251 g/mol. The van der Waals surface area contributed by atoms with Gasteiger partial charge in [0.1, 0.15) is 0 Å². The van der Waals surface area contributed by atoms with E-state index in [1.807, 2.05) is 19.1 Å². The van der Waals surface area contributed by atoms with Crippen LogP contribution in [0.3, 0.4) is 0 Å². The van der Waals surface area contributed by atoms with Crippen LogP contribution < -0.4 is 0 Å². The third-order valence-electron chi connectivity index (χ3n) is 2.90. The van der Waals surface area contributed by atoms with Gasteiger partial charge in [-0.15, -0.1) is 0 Å². The second-order valence-corrected chi connectivity index (χ2v) is 4.36. The maximum absolute atomic E-state index is 11.8. The van der Waals surface area contributed by atoms with Crippen LogP contribution in [0, 0.1) is 0 Å². The van der Waals surface area contributed by atoms with Crippen LogP contribution in [-0.2, 0) is 16.0 Å². The van der Waals surface area contributed by atoms with Crippen molar-refractivity contribution in [3.05, 3.63) is 30.1 Å². The van der Waals surface area contributed by atoms with Gasteiger partial charge < -0.3 is 9.84 Å². The molecule has 0 bridgehead atoms. The summed E-state index contributed by atoms with van der Waals surface area (Å²) >= 11 is 0. The highest BCUT2D eigenvalue weighted by Gasteiger charge is 2.35. The molecule has 0 aliphatic rings. The van der Waals surface area contributed by atoms with Crippen molar-refractivity contribution < 1.29 is 14.6 Å². The van der Waals surface area contributed by atoms with Gasteiger partial charge in [0.2, 0.25) is 0 Å². The summed E-state index contributed by atoms with van der Waals surface area (Å²) in [6.45, 7) is 3.98. The van der Waals surface area contributed by atoms with E-state index in [-0.39, 0.29) is 0 Å². The number of hydrogen-bond donors (Lipinski definition) is 1. The summed E-state index contributed by atoms with van der Waals surface area (Å²) in [4.78, 5) is 15.7. The minimum absolute atomic E-state index is 0.292. The normalized spacial score (nSPS) is 13.9. The Kier molecular flexibility index (Phi) is 5.78. The molecule has 1 unspecified atom stereocenters. The fourth-order valence-corrected chi connectivity index (χ4v) is 1.91. The molecular formula is C14H21NO3. The van der Waals surface area contributed by atoms with E-state index in [9.17, 15) is 9.90 Å². The van der Waals surface area contributed by atoms with E-state index >= 15 is 0 Å². The summed E-state index contributed by atoms with van der Waals surface area (Å²) in [5, 5.41) is 10.4. The first kappa shape index (κ1) is 14.6. The Hall–Kier alpha value is -1.42. The standard InChI is InChI=1S/C14H21NO3/c1-3-8-14(17,13(16)18-4-2)9-5-12-6-10-15-11-7-12/h6-7,10-11,17H,3-5,8-9H2,1-2H3. The van der Waals surface area contributed by atoms with E-state index in [2.05, 4.69) is 4.98 Å². The van der Waals surface area contributed by atoms with Crippen molar-refractivity contribution in [3.8, 4) is 0 Å². The fraction of sp³-hybridized carbons (Fsp3) is 0.571. The predicted molar refractivity (Wildman–Crippen MR) is 69.0 cm³/mol. The molecule has 0 saturated heterocycles. The summed E-state index contributed by atoms with van der Waals surface area (Å²) in [6, 6.07) is 3.77. The molecule has 0 amide bonds. The molecule has 0 aliphatic heterocycles. The summed E-state index contributed by atoms with van der Waals surface area (Å²) < 4.78 is 4.95. The van der Waals surface area contributed by atoms with Crippen LogP contribution in [0.5, 0.6) is 0 Å². The molecular weight excluding hydrogens is 230 g/mol. The van der Waals surface area contributed by atoms with Gasteiger partial charge in [-0.2, -0.15) is 0 Å². The number of aromatic nitrogens is 1. The first-order valence-corrected chi connectivity index (χ1v) is 6.41. The lowest BCUT2D eigenvalue weighted by atomic mass is 9.91. The number of pyridine rings is 1. The first-order chi connectivity index (χ1) is 8.62. The lowest BCUT2D eigenvalue weighted by Crippen LogP contribution is -2.40. The van der Waals surface area contributed by atoms with Crippen molar-refractivity contribution >= 4 is 5.97 Å². The molecule has 4 heteroatoms. The van der Waals surface area contributed by atoms with Crippen LogP contribution in [0.1, 0.15) is 38.7 Å². The van der Waals surface area contributed by atoms with E-state index in [1.165, 1.54) is 0 Å². The second-order valence-electron chi connectivity index (χ2n) is 4.36. The van der Waals surface area contributed by atoms with Crippen LogP contribution in [0.4, 0.5) is 0 Å². The highest BCUT2D eigenvalue weighted by Crippen LogP contribution is 2.22. The van der Waals surface area contributed by atoms with Crippen LogP contribution in [0.2, 0.25) is 0 Å². The van der Waals surface area contributed by atoms with Gasteiger partial charge >= 0.3 is 5.97 Å². The van der Waals surface area contributed by atoms with Crippen LogP contribution in [-0.4, -0.2) is 28.3 Å². The number of carbonyl (C=O) groups is 1. The van der Waals surface area contributed by atoms with E-state index in [0.717, 1.165) is 12.0 Å². The zero-order valence-electron chi connectivity index (χ0n) is 11.1. The Bertz CT molecular complexity index is 367. The molecule has 1 heterocycles. The molecule has 1 N–H and O–H groups in total. The topological polar surface area (TPSA) is 59.4 Å². The maximum Gasteiger partial charge on any atom is 0.338 e. The largest absolute Gasteiger partial charge is 0.464 e. The summed E-state index contributed by atoms with van der Waals surface area (Å²) in [7, 11) is 0. The zero-order chi connectivity index (χ0) is 13.4. The third kappa shape index (κ3) is 4.11. The highest BCUT2D eigenvalue weighted by atomic mass is 16.5. The molecule has 1 atom stereocenters. The number of nitrogens with zero attached hydrogens (tertiary/aromatic N) is 1. The Labute approximate surface area is 108 Å². The molecule has 0 fully saturated rings. The van der Waals surface area contributed by atoms with Gasteiger partial charge in [-0.3, -0.25) is 4.98 Å². The van der Waals surface area contributed by atoms with E-state index < -0.39 is 11.6 Å². The van der Waals surface area contributed by atoms with Gasteiger partial charge in [-0.25, -0.2) is 4.79 Å². The van der Waals surface area contributed by atoms with Crippen molar-refractivity contribution in [1.29, 1.82) is 0 Å². The molecule has 1 aromatic rings. The van der Waals surface area contributed by atoms with E-state index in [4.69, 9.17) is 4.74 Å². The van der Waals surface area contributed by atoms with Crippen molar-refractivity contribution in [2.45, 2.75) is 45.1 Å². The second kappa shape index (κ2) is 7.11. The number of esters is 1. The number of aliphatic hydroxyl groups is 1. The predicted octanol–water partition coefficient (Wildman–Crippen LogP) is 2.11. The van der Waals surface area contributed by atoms with E-state index in [0.29, 0.717) is 25.9 Å². The fourth-order valence-electron chi connectivity index (χ4n) is 1.91. The molecule has 0 radical (unpaired) electrons. The molecule has 100 valence electrons. The van der Waals surface area contributed by atoms with Crippen molar-refractivity contribution in [1.82, 2.24) is 4.98 Å². The molecule has 0 aliphatic carbocycles. The monoisotopic (exact) mass is 251 g/mol. The molecule has 0 aromatic carbocycles. The third-order valence-corrected chi connectivity index (χ3v) is 2.90. The Morgan fingerprint density at radius 2 is 2.00 bits per heavy atom. The summed E-state index contributed by atoms with van der Waals surface area (Å²) in [6.07, 6.45) is 5.60. The molecule has 4 nitrogen and oxygen atoms in total. The molecule has 1 aromatic heterocycles. The minimum Gasteiger partial charge on any atom is -0.464 e. The Morgan fingerprint density at radius 3 is 2.56 bits per heavy atom. The van der Waals surface area contributed by atoms with Crippen LogP contribution in [0.25, 0.3) is 0 Å². The highest BCUT2D eigenvalue weighted by molar-refractivity contribution is 5.79. The summed E-state index contributed by atoms with van der Waals surface area (Å²) in [5.41, 5.74) is -0.308. The van der Waals surface area contributed by atoms with Gasteiger partial charge in [-0.1, -0.05) is 13.3 Å². The first-order valence-electron chi connectivity index (χ1n) is 6.41. The number of rotatable bonds is 7. The lowest BCUT2D eigenvalue weighted by molar-refractivity contribution is -0.166. The number of aryl methyl sites for hydroxylation is 1. The SMILES string of the molecule is CCCC(O)(CCc1ccncc1)C(=O)OCC. The molecule has 0 saturated carbocycles. The van der Waals surface area contributed by atoms with Gasteiger partial charge in [0.05, 0.1) is 6.61 Å². The van der Waals surface area contributed by atoms with Gasteiger partial charge in [0.25, 0.3) is 0 Å². The molecule has 0 spiro atoms. The Morgan fingerprint density at radius 1 is 1.33 bits per heavy atom. The van der Waals surface area contributed by atoms with Crippen molar-refractivity contribution in [2.75, 3.05) is 6.61 Å². The minimum atomic E-state index is -1.37. The maximum atomic E-state index is 11.8. The average Bonchev–Trinajstić information content (AvgIpc) is 2.38. The number of carbonyl (C=O) groups excluding carboxylic acids is 1. The molecule has 1 rings (SSSR count). The quantitative estimate of drug-likeness (QED) is 0.754. The van der Waals surface area contributed by atoms with Gasteiger partial charge in [0.15, 0.2) is 5.60 Å². The van der Waals surface area contributed by atoms with Crippen LogP contribution in [0.15, 0.2) is 24.5 Å². The zero-order valence-corrected chi connectivity index (χ0v) is 11.1. The Balaban J connectivity index is 2.65.